The molecule has 0 radical (unpaired) electrons. The SMILES string of the molecule is C#CCN1C(=O)COc2cc(F)c(N3C(=O)C4=C(CCCC4)C3=O)cc21.Cc1ccc(NC(=O)N(C)C)cc1Cl. The maximum atomic E-state index is 14.7. The number of anilines is 3. The summed E-state index contributed by atoms with van der Waals surface area (Å²) in [5.41, 5.74) is 2.70. The molecule has 0 unspecified atom stereocenters. The summed E-state index contributed by atoms with van der Waals surface area (Å²) in [6.45, 7) is 1.65. The van der Waals surface area contributed by atoms with E-state index < -0.39 is 17.6 Å². The standard InChI is InChI=1S/C19H15FN2O4.C10H13ClN2O/c1-2-7-21-15-9-14(13(20)8-16(15)26-10-17(21)23)22-18(24)11-5-3-4-6-12(11)19(22)25;1-7-4-5-8(6-9(7)11)12-10(14)13(2)3/h1,8-9H,3-7,10H2;4-6H,1-3H3,(H,12,14). The first-order valence-corrected chi connectivity index (χ1v) is 13.0. The number of aryl methyl sites for hydroxylation is 1. The van der Waals surface area contributed by atoms with Gasteiger partial charge in [-0.2, -0.15) is 0 Å². The number of hydrogen-bond donors (Lipinski definition) is 1. The number of terminal acetylenes is 1. The fourth-order valence-electron chi connectivity index (χ4n) is 4.51. The van der Waals surface area contributed by atoms with Gasteiger partial charge in [-0.3, -0.25) is 19.3 Å². The number of fused-ring (bicyclic) bond motifs is 1. The van der Waals surface area contributed by atoms with Gasteiger partial charge in [-0.15, -0.1) is 6.42 Å². The number of ether oxygens (including phenoxy) is 1. The van der Waals surface area contributed by atoms with E-state index in [9.17, 15) is 23.6 Å². The van der Waals surface area contributed by atoms with Gasteiger partial charge in [0.05, 0.1) is 17.9 Å². The molecule has 208 valence electrons. The van der Waals surface area contributed by atoms with Crippen LogP contribution in [-0.4, -0.2) is 55.9 Å². The number of nitrogens with zero attached hydrogens (tertiary/aromatic N) is 3. The molecule has 2 aromatic carbocycles. The fourth-order valence-corrected chi connectivity index (χ4v) is 4.69. The molecule has 2 aliphatic heterocycles. The second-order valence-electron chi connectivity index (χ2n) is 9.64. The molecule has 9 nitrogen and oxygen atoms in total. The summed E-state index contributed by atoms with van der Waals surface area (Å²) in [4.78, 5) is 52.3. The van der Waals surface area contributed by atoms with E-state index in [0.29, 0.717) is 34.7 Å². The lowest BCUT2D eigenvalue weighted by Gasteiger charge is -2.29. The van der Waals surface area contributed by atoms with Crippen LogP contribution in [0.4, 0.5) is 26.2 Å². The molecule has 0 atom stereocenters. The van der Waals surface area contributed by atoms with Crippen molar-refractivity contribution in [2.24, 2.45) is 0 Å². The van der Waals surface area contributed by atoms with Gasteiger partial charge in [0.1, 0.15) is 5.75 Å². The molecule has 0 fully saturated rings. The number of benzene rings is 2. The zero-order chi connectivity index (χ0) is 29.1. The van der Waals surface area contributed by atoms with Gasteiger partial charge in [0.15, 0.2) is 12.4 Å². The lowest BCUT2D eigenvalue weighted by atomic mass is 9.93. The molecule has 11 heteroatoms. The third-order valence-electron chi connectivity index (χ3n) is 6.68. The van der Waals surface area contributed by atoms with Gasteiger partial charge in [-0.25, -0.2) is 14.1 Å². The molecule has 0 saturated heterocycles. The molecule has 5 rings (SSSR count). The van der Waals surface area contributed by atoms with Crippen molar-refractivity contribution >= 4 is 52.4 Å². The normalized spacial score (nSPS) is 15.9. The molecule has 5 amide bonds. The highest BCUT2D eigenvalue weighted by Crippen LogP contribution is 2.41. The Labute approximate surface area is 236 Å². The van der Waals surface area contributed by atoms with Gasteiger partial charge in [0, 0.05) is 42.0 Å². The van der Waals surface area contributed by atoms with E-state index in [4.69, 9.17) is 22.8 Å². The molecule has 2 aromatic rings. The number of nitrogens with one attached hydrogen (secondary N) is 1. The van der Waals surface area contributed by atoms with E-state index in [1.807, 2.05) is 19.1 Å². The minimum Gasteiger partial charge on any atom is -0.481 e. The Bertz CT molecular complexity index is 1450. The van der Waals surface area contributed by atoms with Crippen LogP contribution >= 0.6 is 11.6 Å². The van der Waals surface area contributed by atoms with Crippen LogP contribution < -0.4 is 19.9 Å². The molecule has 40 heavy (non-hydrogen) atoms. The Kier molecular flexibility index (Phi) is 8.45. The van der Waals surface area contributed by atoms with Crippen molar-refractivity contribution in [2.45, 2.75) is 32.6 Å². The summed E-state index contributed by atoms with van der Waals surface area (Å²) >= 11 is 5.91. The predicted molar refractivity (Wildman–Crippen MR) is 150 cm³/mol. The monoisotopic (exact) mass is 566 g/mol. The van der Waals surface area contributed by atoms with Crippen molar-refractivity contribution in [1.29, 1.82) is 0 Å². The number of urea groups is 1. The van der Waals surface area contributed by atoms with Crippen molar-refractivity contribution in [3.05, 3.63) is 57.9 Å². The van der Waals surface area contributed by atoms with Gasteiger partial charge < -0.3 is 15.0 Å². The number of carbonyl (C=O) groups excluding carboxylic acids is 4. The molecular weight excluding hydrogens is 539 g/mol. The van der Waals surface area contributed by atoms with Crippen LogP contribution in [0.5, 0.6) is 5.75 Å². The highest BCUT2D eigenvalue weighted by atomic mass is 35.5. The lowest BCUT2D eigenvalue weighted by molar-refractivity contribution is -0.121. The molecular formula is C29H28ClFN4O5. The number of rotatable bonds is 3. The molecule has 0 spiro atoms. The van der Waals surface area contributed by atoms with E-state index in [1.54, 1.807) is 20.2 Å². The van der Waals surface area contributed by atoms with Gasteiger partial charge >= 0.3 is 6.03 Å². The van der Waals surface area contributed by atoms with Crippen LogP contribution in [0.1, 0.15) is 31.2 Å². The van der Waals surface area contributed by atoms with Gasteiger partial charge in [0.25, 0.3) is 17.7 Å². The zero-order valence-corrected chi connectivity index (χ0v) is 23.1. The highest BCUT2D eigenvalue weighted by Gasteiger charge is 2.41. The Morgan fingerprint density at radius 3 is 2.33 bits per heavy atom. The molecule has 1 aliphatic carbocycles. The fraction of sp³-hybridized carbons (Fsp3) is 0.310. The molecule has 0 bridgehead atoms. The minimum atomic E-state index is -0.764. The van der Waals surface area contributed by atoms with Crippen LogP contribution in [0.25, 0.3) is 0 Å². The summed E-state index contributed by atoms with van der Waals surface area (Å²) in [7, 11) is 3.37. The summed E-state index contributed by atoms with van der Waals surface area (Å²) in [5, 5.41) is 3.37. The van der Waals surface area contributed by atoms with E-state index in [0.717, 1.165) is 29.4 Å². The highest BCUT2D eigenvalue weighted by molar-refractivity contribution is 6.33. The second-order valence-corrected chi connectivity index (χ2v) is 10.0. The van der Waals surface area contributed by atoms with Crippen molar-refractivity contribution in [3.63, 3.8) is 0 Å². The number of imide groups is 1. The first-order chi connectivity index (χ1) is 19.0. The van der Waals surface area contributed by atoms with Crippen LogP contribution in [0.3, 0.4) is 0 Å². The third kappa shape index (κ3) is 5.65. The number of halogens is 2. The quantitative estimate of drug-likeness (QED) is 0.430. The first-order valence-electron chi connectivity index (χ1n) is 12.6. The number of amides is 5. The van der Waals surface area contributed by atoms with Gasteiger partial charge in [-0.05, 0) is 56.4 Å². The molecule has 0 saturated carbocycles. The summed E-state index contributed by atoms with van der Waals surface area (Å²) in [6, 6.07) is 7.63. The lowest BCUT2D eigenvalue weighted by Crippen LogP contribution is -2.39. The number of hydrogen-bond acceptors (Lipinski definition) is 5. The van der Waals surface area contributed by atoms with Gasteiger partial charge in [0.2, 0.25) is 0 Å². The smallest absolute Gasteiger partial charge is 0.321 e. The maximum absolute atomic E-state index is 14.7. The Hall–Kier alpha value is -4.36. The Morgan fingerprint density at radius 1 is 1.10 bits per heavy atom. The van der Waals surface area contributed by atoms with Gasteiger partial charge in [-0.1, -0.05) is 23.6 Å². The van der Waals surface area contributed by atoms with E-state index in [2.05, 4.69) is 11.2 Å². The zero-order valence-electron chi connectivity index (χ0n) is 22.3. The topological polar surface area (TPSA) is 99.3 Å². The predicted octanol–water partition coefficient (Wildman–Crippen LogP) is 4.67. The van der Waals surface area contributed by atoms with E-state index in [-0.39, 0.29) is 42.2 Å². The molecule has 3 aliphatic rings. The van der Waals surface area contributed by atoms with Crippen LogP contribution in [0.15, 0.2) is 41.5 Å². The average molecular weight is 567 g/mol. The largest absolute Gasteiger partial charge is 0.481 e. The van der Waals surface area contributed by atoms with E-state index >= 15 is 0 Å². The average Bonchev–Trinajstić information content (AvgIpc) is 3.18. The summed E-state index contributed by atoms with van der Waals surface area (Å²) in [5.74, 6) is 0.406. The number of carbonyl (C=O) groups is 4. The third-order valence-corrected chi connectivity index (χ3v) is 7.09. The Balaban J connectivity index is 0.000000224. The molecule has 2 heterocycles. The van der Waals surface area contributed by atoms with Crippen molar-refractivity contribution in [1.82, 2.24) is 4.90 Å². The van der Waals surface area contributed by atoms with Crippen molar-refractivity contribution < 1.29 is 28.3 Å². The van der Waals surface area contributed by atoms with Crippen LogP contribution in [0, 0.1) is 25.1 Å². The molecule has 1 N–H and O–H groups in total. The Morgan fingerprint density at radius 2 is 1.75 bits per heavy atom. The maximum Gasteiger partial charge on any atom is 0.321 e. The summed E-state index contributed by atoms with van der Waals surface area (Å²) in [6.07, 6.45) is 8.01. The summed E-state index contributed by atoms with van der Waals surface area (Å²) < 4.78 is 19.9. The molecule has 0 aromatic heterocycles. The second kappa shape index (κ2) is 11.8. The van der Waals surface area contributed by atoms with Crippen LogP contribution in [-0.2, 0) is 14.4 Å². The van der Waals surface area contributed by atoms with Crippen LogP contribution in [0.2, 0.25) is 5.02 Å². The van der Waals surface area contributed by atoms with Crippen molar-refractivity contribution in [2.75, 3.05) is 42.4 Å². The van der Waals surface area contributed by atoms with E-state index in [1.165, 1.54) is 15.9 Å². The van der Waals surface area contributed by atoms with Crippen molar-refractivity contribution in [3.8, 4) is 18.1 Å². The minimum absolute atomic E-state index is 0.0170. The first kappa shape index (κ1) is 28.6.